The van der Waals surface area contributed by atoms with Crippen LogP contribution >= 0.6 is 0 Å². The Morgan fingerprint density at radius 3 is 2.39 bits per heavy atom. The Kier molecular flexibility index (Phi) is 4.76. The van der Waals surface area contributed by atoms with E-state index in [4.69, 9.17) is 14.0 Å². The van der Waals surface area contributed by atoms with Gasteiger partial charge in [-0.25, -0.2) is 4.68 Å². The first-order valence-corrected chi connectivity index (χ1v) is 8.26. The molecule has 2 aromatic rings. The smallest absolute Gasteiger partial charge is 0.402 e. The first-order chi connectivity index (χ1) is 11.0. The van der Waals surface area contributed by atoms with E-state index in [1.54, 1.807) is 7.11 Å². The first kappa shape index (κ1) is 16.5. The molecule has 1 aliphatic rings. The van der Waals surface area contributed by atoms with E-state index in [0.717, 1.165) is 16.4 Å². The number of fused-ring (bicyclic) bond motifs is 1. The second kappa shape index (κ2) is 6.63. The van der Waals surface area contributed by atoms with Crippen molar-refractivity contribution in [3.63, 3.8) is 0 Å². The van der Waals surface area contributed by atoms with Crippen molar-refractivity contribution in [1.82, 2.24) is 9.78 Å². The highest BCUT2D eigenvalue weighted by Crippen LogP contribution is 2.28. The average molecular weight is 316 g/mol. The molecular formula is C17H25BN2O3. The Labute approximate surface area is 138 Å². The number of nitrogens with zero attached hydrogens (tertiary/aromatic N) is 2. The van der Waals surface area contributed by atoms with Crippen molar-refractivity contribution in [2.45, 2.75) is 46.6 Å². The lowest BCUT2D eigenvalue weighted by Crippen LogP contribution is -2.33. The third kappa shape index (κ3) is 3.16. The van der Waals surface area contributed by atoms with E-state index in [9.17, 15) is 0 Å². The molecule has 3 rings (SSSR count). The maximum atomic E-state index is 6.23. The highest BCUT2D eigenvalue weighted by atomic mass is 16.7. The summed E-state index contributed by atoms with van der Waals surface area (Å²) in [4.78, 5) is 0. The fourth-order valence-corrected chi connectivity index (χ4v) is 3.16. The van der Waals surface area contributed by atoms with E-state index in [2.05, 4.69) is 51.0 Å². The molecule has 2 atom stereocenters. The number of rotatable bonds is 5. The van der Waals surface area contributed by atoms with Gasteiger partial charge < -0.3 is 14.0 Å². The van der Waals surface area contributed by atoms with Crippen molar-refractivity contribution < 1.29 is 14.0 Å². The van der Waals surface area contributed by atoms with Crippen molar-refractivity contribution in [1.29, 1.82) is 0 Å². The van der Waals surface area contributed by atoms with Gasteiger partial charge in [-0.1, -0.05) is 39.8 Å². The van der Waals surface area contributed by atoms with Gasteiger partial charge in [0.15, 0.2) is 0 Å². The topological polar surface area (TPSA) is 45.5 Å². The van der Waals surface area contributed by atoms with Gasteiger partial charge in [-0.3, -0.25) is 0 Å². The van der Waals surface area contributed by atoms with Crippen LogP contribution in [0.3, 0.4) is 0 Å². The fourth-order valence-electron chi connectivity index (χ4n) is 3.16. The van der Waals surface area contributed by atoms with E-state index in [1.165, 1.54) is 0 Å². The molecule has 5 nitrogen and oxygen atoms in total. The molecule has 1 aliphatic heterocycles. The third-order valence-electron chi connectivity index (χ3n) is 4.39. The molecular weight excluding hydrogens is 291 g/mol. The minimum Gasteiger partial charge on any atom is -0.402 e. The van der Waals surface area contributed by atoms with E-state index in [1.807, 2.05) is 10.9 Å². The molecule has 2 heterocycles. The molecule has 0 N–H and O–H groups in total. The average Bonchev–Trinajstić information content (AvgIpc) is 3.12. The van der Waals surface area contributed by atoms with Crippen LogP contribution in [0.25, 0.3) is 10.9 Å². The van der Waals surface area contributed by atoms with Gasteiger partial charge in [-0.05, 0) is 23.4 Å². The van der Waals surface area contributed by atoms with Crippen LogP contribution in [-0.2, 0) is 20.8 Å². The van der Waals surface area contributed by atoms with Crippen LogP contribution in [-0.4, -0.2) is 36.2 Å². The molecule has 0 aliphatic carbocycles. The van der Waals surface area contributed by atoms with Crippen LogP contribution in [0.5, 0.6) is 0 Å². The molecule has 0 saturated carbocycles. The molecule has 0 radical (unpaired) electrons. The van der Waals surface area contributed by atoms with Crippen LogP contribution in [0, 0.1) is 11.8 Å². The Balaban J connectivity index is 1.89. The van der Waals surface area contributed by atoms with E-state index in [0.29, 0.717) is 18.6 Å². The summed E-state index contributed by atoms with van der Waals surface area (Å²) in [6, 6.07) is 6.21. The van der Waals surface area contributed by atoms with Crippen LogP contribution in [0.2, 0.25) is 0 Å². The molecule has 0 bridgehead atoms. The van der Waals surface area contributed by atoms with Crippen molar-refractivity contribution in [3.8, 4) is 0 Å². The SMILES string of the molecule is COCn1ncc2ccc(B3OC(C(C)C)C(C(C)C)O3)cc21. The summed E-state index contributed by atoms with van der Waals surface area (Å²) in [5, 5.41) is 5.44. The number of benzene rings is 1. The Morgan fingerprint density at radius 1 is 1.17 bits per heavy atom. The van der Waals surface area contributed by atoms with Gasteiger partial charge in [0, 0.05) is 12.5 Å². The Bertz CT molecular complexity index is 655. The summed E-state index contributed by atoms with van der Waals surface area (Å²) in [5.74, 6) is 0.852. The summed E-state index contributed by atoms with van der Waals surface area (Å²) in [6.07, 6.45) is 2.10. The number of methoxy groups -OCH3 is 1. The monoisotopic (exact) mass is 316 g/mol. The molecule has 0 amide bonds. The zero-order valence-electron chi connectivity index (χ0n) is 14.5. The van der Waals surface area contributed by atoms with Crippen LogP contribution in [0.15, 0.2) is 24.4 Å². The summed E-state index contributed by atoms with van der Waals surface area (Å²) in [7, 11) is 1.35. The second-order valence-corrected chi connectivity index (χ2v) is 6.90. The van der Waals surface area contributed by atoms with Crippen molar-refractivity contribution >= 4 is 23.5 Å². The zero-order chi connectivity index (χ0) is 16.6. The zero-order valence-corrected chi connectivity index (χ0v) is 14.5. The molecule has 124 valence electrons. The lowest BCUT2D eigenvalue weighted by molar-refractivity contribution is 0.0815. The predicted molar refractivity (Wildman–Crippen MR) is 91.6 cm³/mol. The molecule has 1 aromatic heterocycles. The van der Waals surface area contributed by atoms with E-state index < -0.39 is 0 Å². The summed E-state index contributed by atoms with van der Waals surface area (Å²) in [5.41, 5.74) is 2.06. The maximum absolute atomic E-state index is 6.23. The quantitative estimate of drug-likeness (QED) is 0.795. The highest BCUT2D eigenvalue weighted by Gasteiger charge is 2.43. The molecule has 2 unspecified atom stereocenters. The number of aromatic nitrogens is 2. The van der Waals surface area contributed by atoms with E-state index >= 15 is 0 Å². The van der Waals surface area contributed by atoms with Crippen LogP contribution < -0.4 is 5.46 Å². The third-order valence-corrected chi connectivity index (χ3v) is 4.39. The maximum Gasteiger partial charge on any atom is 0.494 e. The van der Waals surface area contributed by atoms with Crippen LogP contribution in [0.4, 0.5) is 0 Å². The van der Waals surface area contributed by atoms with Gasteiger partial charge in [0.05, 0.1) is 23.9 Å². The molecule has 23 heavy (non-hydrogen) atoms. The van der Waals surface area contributed by atoms with Gasteiger partial charge in [0.25, 0.3) is 0 Å². The highest BCUT2D eigenvalue weighted by molar-refractivity contribution is 6.62. The van der Waals surface area contributed by atoms with Crippen molar-refractivity contribution in [2.24, 2.45) is 11.8 Å². The Morgan fingerprint density at radius 2 is 1.83 bits per heavy atom. The van der Waals surface area contributed by atoms with Gasteiger partial charge in [-0.2, -0.15) is 5.10 Å². The normalized spacial score (nSPS) is 22.0. The Hall–Kier alpha value is -1.37. The standard InChI is InChI=1S/C17H25BN2O3/c1-11(2)16-17(12(3)4)23-18(22-16)14-7-6-13-9-19-20(10-21-5)15(13)8-14/h6-9,11-12,16-17H,10H2,1-5H3. The first-order valence-electron chi connectivity index (χ1n) is 8.26. The van der Waals surface area contributed by atoms with Crippen molar-refractivity contribution in [3.05, 3.63) is 24.4 Å². The largest absolute Gasteiger partial charge is 0.494 e. The summed E-state index contributed by atoms with van der Waals surface area (Å²) >= 11 is 0. The van der Waals surface area contributed by atoms with E-state index in [-0.39, 0.29) is 19.3 Å². The van der Waals surface area contributed by atoms with Gasteiger partial charge >= 0.3 is 7.12 Å². The number of hydrogen-bond donors (Lipinski definition) is 0. The minimum atomic E-state index is -0.315. The fraction of sp³-hybridized carbons (Fsp3) is 0.588. The van der Waals surface area contributed by atoms with Crippen LogP contribution in [0.1, 0.15) is 27.7 Å². The molecule has 1 aromatic carbocycles. The summed E-state index contributed by atoms with van der Waals surface area (Å²) in [6.45, 7) is 9.17. The lowest BCUT2D eigenvalue weighted by Gasteiger charge is -2.24. The minimum absolute atomic E-state index is 0.125. The number of ether oxygens (including phenoxy) is 1. The summed E-state index contributed by atoms with van der Waals surface area (Å²) < 4.78 is 19.5. The lowest BCUT2D eigenvalue weighted by atomic mass is 9.79. The van der Waals surface area contributed by atoms with Gasteiger partial charge in [0.1, 0.15) is 6.73 Å². The molecule has 0 spiro atoms. The molecule has 6 heteroatoms. The van der Waals surface area contributed by atoms with Crippen molar-refractivity contribution in [2.75, 3.05) is 7.11 Å². The number of hydrogen-bond acceptors (Lipinski definition) is 4. The predicted octanol–water partition coefficient (Wildman–Crippen LogP) is 2.43. The van der Waals surface area contributed by atoms with Gasteiger partial charge in [0.2, 0.25) is 0 Å². The second-order valence-electron chi connectivity index (χ2n) is 6.90. The molecule has 1 fully saturated rings. The molecule has 1 saturated heterocycles. The van der Waals surface area contributed by atoms with Gasteiger partial charge in [-0.15, -0.1) is 0 Å².